The molecule has 1 aromatic rings. The first kappa shape index (κ1) is 16.1. The van der Waals surface area contributed by atoms with E-state index < -0.39 is 11.4 Å². The molecular formula is C15H17Cl2NO3. The third kappa shape index (κ3) is 3.69. The van der Waals surface area contributed by atoms with Gasteiger partial charge in [0.15, 0.2) is 0 Å². The Morgan fingerprint density at radius 2 is 1.90 bits per heavy atom. The number of amides is 1. The first-order valence-corrected chi connectivity index (χ1v) is 7.52. The maximum atomic E-state index is 12.3. The second-order valence-corrected chi connectivity index (χ2v) is 6.50. The van der Waals surface area contributed by atoms with Gasteiger partial charge in [-0.05, 0) is 37.5 Å². The Kier molecular flexibility index (Phi) is 4.79. The summed E-state index contributed by atoms with van der Waals surface area (Å²) in [6.07, 6.45) is 1.16. The topological polar surface area (TPSA) is 57.6 Å². The van der Waals surface area contributed by atoms with Crippen LogP contribution in [0.15, 0.2) is 18.2 Å². The molecule has 1 aliphatic rings. The van der Waals surface area contributed by atoms with Crippen molar-refractivity contribution in [2.45, 2.75) is 26.2 Å². The summed E-state index contributed by atoms with van der Waals surface area (Å²) in [5.41, 5.74) is 0.00644. The van der Waals surface area contributed by atoms with Gasteiger partial charge in [0.1, 0.15) is 0 Å². The number of carboxylic acids is 1. The number of halogens is 2. The van der Waals surface area contributed by atoms with Gasteiger partial charge in [-0.3, -0.25) is 9.59 Å². The van der Waals surface area contributed by atoms with Gasteiger partial charge in [-0.15, -0.1) is 0 Å². The summed E-state index contributed by atoms with van der Waals surface area (Å²) in [7, 11) is 0. The smallest absolute Gasteiger partial charge is 0.309 e. The highest BCUT2D eigenvalue weighted by atomic mass is 35.5. The lowest BCUT2D eigenvalue weighted by Gasteiger charge is -2.36. The van der Waals surface area contributed by atoms with Gasteiger partial charge in [0.2, 0.25) is 5.91 Å². The van der Waals surface area contributed by atoms with Crippen LogP contribution < -0.4 is 0 Å². The minimum absolute atomic E-state index is 0.0355. The van der Waals surface area contributed by atoms with Gasteiger partial charge >= 0.3 is 5.97 Å². The summed E-state index contributed by atoms with van der Waals surface area (Å²) in [5.74, 6) is -0.831. The number of benzene rings is 1. The largest absolute Gasteiger partial charge is 0.481 e. The molecule has 0 radical (unpaired) electrons. The fourth-order valence-corrected chi connectivity index (χ4v) is 2.88. The molecule has 0 aliphatic carbocycles. The van der Waals surface area contributed by atoms with Gasteiger partial charge in [0, 0.05) is 23.1 Å². The number of carbonyl (C=O) groups excluding carboxylic acids is 1. The molecule has 1 heterocycles. The Morgan fingerprint density at radius 3 is 2.43 bits per heavy atom. The van der Waals surface area contributed by atoms with Crippen molar-refractivity contribution in [2.24, 2.45) is 5.41 Å². The number of hydrogen-bond acceptors (Lipinski definition) is 2. The zero-order valence-electron chi connectivity index (χ0n) is 11.7. The number of rotatable bonds is 3. The average molecular weight is 330 g/mol. The highest BCUT2D eigenvalue weighted by Crippen LogP contribution is 2.31. The maximum absolute atomic E-state index is 12.3. The molecule has 1 amide bonds. The van der Waals surface area contributed by atoms with Crippen molar-refractivity contribution in [3.8, 4) is 0 Å². The molecule has 0 atom stereocenters. The average Bonchev–Trinajstić information content (AvgIpc) is 2.42. The van der Waals surface area contributed by atoms with Gasteiger partial charge in [-0.25, -0.2) is 0 Å². The summed E-state index contributed by atoms with van der Waals surface area (Å²) in [6, 6.07) is 5.06. The molecule has 1 aliphatic heterocycles. The molecule has 1 fully saturated rings. The van der Waals surface area contributed by atoms with E-state index in [-0.39, 0.29) is 12.3 Å². The Balaban J connectivity index is 1.98. The number of carboxylic acid groups (broad SMARTS) is 1. The van der Waals surface area contributed by atoms with Crippen LogP contribution in [0.3, 0.4) is 0 Å². The first-order valence-electron chi connectivity index (χ1n) is 6.77. The molecule has 1 aromatic carbocycles. The molecule has 21 heavy (non-hydrogen) atoms. The van der Waals surface area contributed by atoms with Crippen LogP contribution in [0.1, 0.15) is 25.3 Å². The van der Waals surface area contributed by atoms with Crippen LogP contribution in [0, 0.1) is 5.41 Å². The summed E-state index contributed by atoms with van der Waals surface area (Å²) < 4.78 is 0. The standard InChI is InChI=1S/C15H17Cl2NO3/c1-15(14(20)21)4-6-18(7-5-15)13(19)8-10-2-3-11(16)9-12(10)17/h2-3,9H,4-8H2,1H3,(H,20,21). The number of piperidine rings is 1. The second kappa shape index (κ2) is 6.24. The predicted molar refractivity (Wildman–Crippen MR) is 81.7 cm³/mol. The predicted octanol–water partition coefficient (Wildman–Crippen LogP) is 3.25. The van der Waals surface area contributed by atoms with Crippen LogP contribution in [-0.2, 0) is 16.0 Å². The van der Waals surface area contributed by atoms with Crippen LogP contribution >= 0.6 is 23.2 Å². The van der Waals surface area contributed by atoms with Gasteiger partial charge in [0.25, 0.3) is 0 Å². The van der Waals surface area contributed by atoms with Crippen LogP contribution in [0.25, 0.3) is 0 Å². The van der Waals surface area contributed by atoms with Gasteiger partial charge in [-0.2, -0.15) is 0 Å². The normalized spacial score (nSPS) is 17.6. The summed E-state index contributed by atoms with van der Waals surface area (Å²) in [6.45, 7) is 2.66. The summed E-state index contributed by atoms with van der Waals surface area (Å²) in [5, 5.41) is 10.2. The van der Waals surface area contributed by atoms with E-state index >= 15 is 0 Å². The zero-order chi connectivity index (χ0) is 15.6. The lowest BCUT2D eigenvalue weighted by atomic mass is 9.80. The molecule has 4 nitrogen and oxygen atoms in total. The van der Waals surface area contributed by atoms with Gasteiger partial charge < -0.3 is 10.0 Å². The van der Waals surface area contributed by atoms with Gasteiger partial charge in [0.05, 0.1) is 11.8 Å². The Bertz CT molecular complexity index is 566. The molecular weight excluding hydrogens is 313 g/mol. The molecule has 0 bridgehead atoms. The second-order valence-electron chi connectivity index (χ2n) is 5.66. The molecule has 0 unspecified atom stereocenters. The zero-order valence-corrected chi connectivity index (χ0v) is 13.2. The number of likely N-dealkylation sites (tertiary alicyclic amines) is 1. The first-order chi connectivity index (χ1) is 9.82. The van der Waals surface area contributed by atoms with Crippen LogP contribution in [0.2, 0.25) is 10.0 Å². The van der Waals surface area contributed by atoms with E-state index in [0.29, 0.717) is 36.0 Å². The van der Waals surface area contributed by atoms with E-state index in [2.05, 4.69) is 0 Å². The molecule has 0 aromatic heterocycles. The van der Waals surface area contributed by atoms with Crippen molar-refractivity contribution in [3.63, 3.8) is 0 Å². The Morgan fingerprint density at radius 1 is 1.29 bits per heavy atom. The molecule has 0 saturated carbocycles. The molecule has 1 saturated heterocycles. The molecule has 6 heteroatoms. The van der Waals surface area contributed by atoms with E-state index in [1.165, 1.54) is 0 Å². The van der Waals surface area contributed by atoms with E-state index in [4.69, 9.17) is 23.2 Å². The molecule has 114 valence electrons. The van der Waals surface area contributed by atoms with Crippen LogP contribution in [0.5, 0.6) is 0 Å². The van der Waals surface area contributed by atoms with Crippen molar-refractivity contribution in [1.29, 1.82) is 0 Å². The molecule has 2 rings (SSSR count). The van der Waals surface area contributed by atoms with E-state index in [1.807, 2.05) is 0 Å². The van der Waals surface area contributed by atoms with Crippen molar-refractivity contribution < 1.29 is 14.7 Å². The summed E-state index contributed by atoms with van der Waals surface area (Å²) >= 11 is 11.9. The quantitative estimate of drug-likeness (QED) is 0.925. The minimum atomic E-state index is -0.796. The minimum Gasteiger partial charge on any atom is -0.481 e. The lowest BCUT2D eigenvalue weighted by Crippen LogP contribution is -2.45. The molecule has 0 spiro atoms. The van der Waals surface area contributed by atoms with Crippen LogP contribution in [-0.4, -0.2) is 35.0 Å². The SMILES string of the molecule is CC1(C(=O)O)CCN(C(=O)Cc2ccc(Cl)cc2Cl)CC1. The van der Waals surface area contributed by atoms with Gasteiger partial charge in [-0.1, -0.05) is 29.3 Å². The van der Waals surface area contributed by atoms with Crippen molar-refractivity contribution >= 4 is 35.1 Å². The van der Waals surface area contributed by atoms with Crippen molar-refractivity contribution in [2.75, 3.05) is 13.1 Å². The van der Waals surface area contributed by atoms with E-state index in [9.17, 15) is 14.7 Å². The third-order valence-electron chi connectivity index (χ3n) is 4.09. The van der Waals surface area contributed by atoms with E-state index in [0.717, 1.165) is 5.56 Å². The summed E-state index contributed by atoms with van der Waals surface area (Å²) in [4.78, 5) is 25.2. The van der Waals surface area contributed by atoms with Crippen molar-refractivity contribution in [3.05, 3.63) is 33.8 Å². The highest BCUT2D eigenvalue weighted by molar-refractivity contribution is 6.35. The number of hydrogen-bond donors (Lipinski definition) is 1. The Hall–Kier alpha value is -1.26. The lowest BCUT2D eigenvalue weighted by molar-refractivity contribution is -0.152. The fraction of sp³-hybridized carbons (Fsp3) is 0.467. The van der Waals surface area contributed by atoms with Crippen molar-refractivity contribution in [1.82, 2.24) is 4.90 Å². The number of aliphatic carboxylic acids is 1. The highest BCUT2D eigenvalue weighted by Gasteiger charge is 2.37. The monoisotopic (exact) mass is 329 g/mol. The third-order valence-corrected chi connectivity index (χ3v) is 4.68. The number of nitrogens with zero attached hydrogens (tertiary/aromatic N) is 1. The maximum Gasteiger partial charge on any atom is 0.309 e. The molecule has 1 N–H and O–H groups in total. The fourth-order valence-electron chi connectivity index (χ4n) is 2.40. The van der Waals surface area contributed by atoms with E-state index in [1.54, 1.807) is 30.0 Å². The number of carbonyl (C=O) groups is 2. The Labute approximate surface area is 133 Å². The van der Waals surface area contributed by atoms with Crippen LogP contribution in [0.4, 0.5) is 0 Å².